The van der Waals surface area contributed by atoms with E-state index in [4.69, 9.17) is 19.3 Å². The molecular weight excluding hydrogens is 372 g/mol. The first-order chi connectivity index (χ1) is 14.1. The van der Waals surface area contributed by atoms with Crippen LogP contribution in [0, 0.1) is 0 Å². The molecule has 2 aromatic carbocycles. The number of fused-ring (bicyclic) bond motifs is 3. The lowest BCUT2D eigenvalue weighted by molar-refractivity contribution is -0.670. The molecule has 0 saturated carbocycles. The minimum atomic E-state index is -0.102. The Morgan fingerprint density at radius 3 is 2.52 bits per heavy atom. The van der Waals surface area contributed by atoms with Crippen molar-refractivity contribution in [2.75, 3.05) is 46.8 Å². The Labute approximate surface area is 170 Å². The number of nitrogens with one attached hydrogen (secondary N) is 1. The fourth-order valence-corrected chi connectivity index (χ4v) is 4.02. The molecule has 0 saturated heterocycles. The molecule has 156 valence electrons. The van der Waals surface area contributed by atoms with Crippen LogP contribution in [-0.2, 0) is 6.42 Å². The second kappa shape index (κ2) is 9.15. The van der Waals surface area contributed by atoms with Gasteiger partial charge in [-0.2, -0.15) is 0 Å². The average Bonchev–Trinajstić information content (AvgIpc) is 2.98. The molecule has 7 nitrogen and oxygen atoms in total. The SMILES string of the molecule is C[NH2+][C@H]1CCc2cc(OC)c(OC)c(OC)c2-c2ccc(NCCO)c(=O)cc21. The Morgan fingerprint density at radius 1 is 1.14 bits per heavy atom. The van der Waals surface area contributed by atoms with Crippen LogP contribution in [0.5, 0.6) is 17.2 Å². The van der Waals surface area contributed by atoms with E-state index in [2.05, 4.69) is 10.6 Å². The first-order valence-corrected chi connectivity index (χ1v) is 9.74. The van der Waals surface area contributed by atoms with Crippen molar-refractivity contribution in [2.24, 2.45) is 0 Å². The van der Waals surface area contributed by atoms with Crippen molar-refractivity contribution in [3.8, 4) is 28.4 Å². The van der Waals surface area contributed by atoms with Gasteiger partial charge in [0.15, 0.2) is 11.5 Å². The van der Waals surface area contributed by atoms with Gasteiger partial charge in [0.05, 0.1) is 40.7 Å². The highest BCUT2D eigenvalue weighted by Crippen LogP contribution is 2.49. The minimum absolute atomic E-state index is 0.0449. The van der Waals surface area contributed by atoms with Gasteiger partial charge in [-0.1, -0.05) is 6.07 Å². The van der Waals surface area contributed by atoms with Crippen molar-refractivity contribution in [3.05, 3.63) is 45.6 Å². The van der Waals surface area contributed by atoms with Gasteiger partial charge in [0, 0.05) is 24.1 Å². The third-order valence-corrected chi connectivity index (χ3v) is 5.41. The Kier molecular flexibility index (Phi) is 6.61. The molecule has 29 heavy (non-hydrogen) atoms. The maximum atomic E-state index is 12.8. The summed E-state index contributed by atoms with van der Waals surface area (Å²) in [4.78, 5) is 12.8. The van der Waals surface area contributed by atoms with Crippen molar-refractivity contribution in [3.63, 3.8) is 0 Å². The van der Waals surface area contributed by atoms with Crippen molar-refractivity contribution in [1.29, 1.82) is 0 Å². The van der Waals surface area contributed by atoms with Crippen LogP contribution >= 0.6 is 0 Å². The lowest BCUT2D eigenvalue weighted by Gasteiger charge is -2.19. The lowest BCUT2D eigenvalue weighted by atomic mass is 9.95. The second-order valence-electron chi connectivity index (χ2n) is 6.93. The van der Waals surface area contributed by atoms with Crippen LogP contribution in [0.15, 0.2) is 29.1 Å². The van der Waals surface area contributed by atoms with Crippen molar-refractivity contribution >= 4 is 5.69 Å². The minimum Gasteiger partial charge on any atom is -0.493 e. The molecule has 0 heterocycles. The summed E-state index contributed by atoms with van der Waals surface area (Å²) in [6.07, 6.45) is 1.70. The summed E-state index contributed by atoms with van der Waals surface area (Å²) in [6.45, 7) is 0.273. The topological polar surface area (TPSA) is 93.6 Å². The molecule has 1 atom stereocenters. The first kappa shape index (κ1) is 21.0. The fraction of sp³-hybridized carbons (Fsp3) is 0.409. The number of nitrogens with two attached hydrogens (primary N) is 1. The molecule has 0 amide bonds. The summed E-state index contributed by atoms with van der Waals surface area (Å²) in [5, 5.41) is 14.2. The highest BCUT2D eigenvalue weighted by molar-refractivity contribution is 5.82. The van der Waals surface area contributed by atoms with E-state index in [1.54, 1.807) is 33.5 Å². The zero-order valence-electron chi connectivity index (χ0n) is 17.4. The number of aryl methyl sites for hydroxylation is 1. The average molecular weight is 401 g/mol. The Balaban J connectivity index is 2.35. The summed E-state index contributed by atoms with van der Waals surface area (Å²) in [6, 6.07) is 7.55. The third kappa shape index (κ3) is 3.88. The number of rotatable bonds is 7. The maximum absolute atomic E-state index is 12.8. The van der Waals surface area contributed by atoms with Gasteiger partial charge in [-0.05, 0) is 35.7 Å². The molecule has 1 aliphatic rings. The van der Waals surface area contributed by atoms with E-state index >= 15 is 0 Å². The van der Waals surface area contributed by atoms with Crippen LogP contribution in [-0.4, -0.2) is 46.6 Å². The lowest BCUT2D eigenvalue weighted by Crippen LogP contribution is -2.81. The number of ether oxygens (including phenoxy) is 3. The Bertz CT molecular complexity index is 945. The molecular formula is C22H29N2O5+. The number of quaternary nitrogens is 1. The molecule has 3 rings (SSSR count). The number of aliphatic hydroxyl groups is 1. The molecule has 0 unspecified atom stereocenters. The summed E-state index contributed by atoms with van der Waals surface area (Å²) in [7, 11) is 6.83. The molecule has 7 heteroatoms. The second-order valence-corrected chi connectivity index (χ2v) is 6.93. The highest BCUT2D eigenvalue weighted by atomic mass is 16.5. The smallest absolute Gasteiger partial charge is 0.203 e. The van der Waals surface area contributed by atoms with E-state index in [0.717, 1.165) is 35.1 Å². The summed E-state index contributed by atoms with van der Waals surface area (Å²) < 4.78 is 16.9. The van der Waals surface area contributed by atoms with Crippen LogP contribution in [0.25, 0.3) is 11.1 Å². The zero-order chi connectivity index (χ0) is 21.0. The molecule has 0 fully saturated rings. The van der Waals surface area contributed by atoms with E-state index in [0.29, 0.717) is 29.5 Å². The van der Waals surface area contributed by atoms with E-state index < -0.39 is 0 Å². The normalized spacial score (nSPS) is 15.0. The number of benzene rings is 1. The molecule has 0 aromatic heterocycles. The standard InChI is InChI=1S/C22H28N2O5/c1-23-16-7-5-13-11-19(27-2)21(28-3)22(29-4)20(13)14-6-8-17(24-9-10-25)18(26)12-15(14)16/h6,8,11-12,16,23,25H,5,7,9-10H2,1-4H3,(H,24,26)/p+1/t16-/m0/s1. The van der Waals surface area contributed by atoms with Gasteiger partial charge in [0.2, 0.25) is 11.2 Å². The van der Waals surface area contributed by atoms with E-state index in [-0.39, 0.29) is 18.1 Å². The van der Waals surface area contributed by atoms with E-state index in [1.807, 2.05) is 19.2 Å². The summed E-state index contributed by atoms with van der Waals surface area (Å²) >= 11 is 0. The van der Waals surface area contributed by atoms with Crippen molar-refractivity contribution < 1.29 is 24.6 Å². The number of anilines is 1. The molecule has 2 aromatic rings. The first-order valence-electron chi connectivity index (χ1n) is 9.74. The van der Waals surface area contributed by atoms with Crippen LogP contribution in [0.4, 0.5) is 5.69 Å². The summed E-state index contributed by atoms with van der Waals surface area (Å²) in [5.74, 6) is 1.76. The van der Waals surface area contributed by atoms with Gasteiger partial charge in [0.25, 0.3) is 0 Å². The van der Waals surface area contributed by atoms with Gasteiger partial charge in [-0.25, -0.2) is 0 Å². The number of hydrogen-bond donors (Lipinski definition) is 3. The molecule has 0 spiro atoms. The third-order valence-electron chi connectivity index (χ3n) is 5.41. The van der Waals surface area contributed by atoms with E-state index in [1.165, 1.54) is 0 Å². The number of methoxy groups -OCH3 is 3. The molecule has 0 radical (unpaired) electrons. The number of hydrogen-bond acceptors (Lipinski definition) is 6. The predicted molar refractivity (Wildman–Crippen MR) is 112 cm³/mol. The molecule has 1 aliphatic carbocycles. The quantitative estimate of drug-likeness (QED) is 0.648. The fourth-order valence-electron chi connectivity index (χ4n) is 4.02. The van der Waals surface area contributed by atoms with Crippen LogP contribution < -0.4 is 30.3 Å². The van der Waals surface area contributed by atoms with Crippen LogP contribution in [0.1, 0.15) is 23.6 Å². The Morgan fingerprint density at radius 2 is 1.90 bits per heavy atom. The van der Waals surface area contributed by atoms with Crippen molar-refractivity contribution in [2.45, 2.75) is 18.9 Å². The van der Waals surface area contributed by atoms with Gasteiger partial charge >= 0.3 is 0 Å². The Hall–Kier alpha value is -2.77. The maximum Gasteiger partial charge on any atom is 0.203 e. The predicted octanol–water partition coefficient (Wildman–Crippen LogP) is 1.32. The van der Waals surface area contributed by atoms with E-state index in [9.17, 15) is 4.79 Å². The number of aliphatic hydroxyl groups excluding tert-OH is 1. The summed E-state index contributed by atoms with van der Waals surface area (Å²) in [5.41, 5.74) is 4.27. The zero-order valence-corrected chi connectivity index (χ0v) is 17.4. The van der Waals surface area contributed by atoms with Crippen LogP contribution in [0.2, 0.25) is 0 Å². The van der Waals surface area contributed by atoms with Crippen LogP contribution in [0.3, 0.4) is 0 Å². The highest BCUT2D eigenvalue weighted by Gasteiger charge is 2.29. The van der Waals surface area contributed by atoms with Gasteiger partial charge in [0.1, 0.15) is 6.04 Å². The van der Waals surface area contributed by atoms with Crippen molar-refractivity contribution in [1.82, 2.24) is 0 Å². The van der Waals surface area contributed by atoms with Gasteiger partial charge < -0.3 is 30.0 Å². The monoisotopic (exact) mass is 401 g/mol. The largest absolute Gasteiger partial charge is 0.493 e. The molecule has 0 bridgehead atoms. The van der Waals surface area contributed by atoms with Gasteiger partial charge in [-0.3, -0.25) is 4.79 Å². The van der Waals surface area contributed by atoms with Gasteiger partial charge in [-0.15, -0.1) is 0 Å². The molecule has 4 N–H and O–H groups in total. The molecule has 0 aliphatic heterocycles.